The molecule has 1 atom stereocenters. The van der Waals surface area contributed by atoms with Crippen molar-refractivity contribution in [1.82, 2.24) is 10.6 Å². The summed E-state index contributed by atoms with van der Waals surface area (Å²) in [6, 6.07) is 18.2. The van der Waals surface area contributed by atoms with E-state index in [1.165, 1.54) is 11.8 Å². The number of sulfone groups is 1. The van der Waals surface area contributed by atoms with Crippen molar-refractivity contribution in [1.29, 1.82) is 0 Å². The monoisotopic (exact) mass is 417 g/mol. The highest BCUT2D eigenvalue weighted by molar-refractivity contribution is 7.90. The molecule has 2 aromatic rings. The zero-order valence-corrected chi connectivity index (χ0v) is 18.2. The number of ether oxygens (including phenoxy) is 1. The smallest absolute Gasteiger partial charge is 0.191 e. The van der Waals surface area contributed by atoms with Gasteiger partial charge in [-0.05, 0) is 43.0 Å². The Kier molecular flexibility index (Phi) is 8.99. The lowest BCUT2D eigenvalue weighted by Gasteiger charge is -2.17. The van der Waals surface area contributed by atoms with Gasteiger partial charge >= 0.3 is 0 Å². The molecule has 7 heteroatoms. The zero-order valence-electron chi connectivity index (χ0n) is 17.4. The number of nitrogens with zero attached hydrogens (tertiary/aromatic N) is 1. The van der Waals surface area contributed by atoms with Crippen molar-refractivity contribution in [3.8, 4) is 5.75 Å². The Morgan fingerprint density at radius 3 is 2.38 bits per heavy atom. The van der Waals surface area contributed by atoms with Gasteiger partial charge in [-0.15, -0.1) is 0 Å². The maximum atomic E-state index is 11.3. The van der Waals surface area contributed by atoms with Gasteiger partial charge in [-0.25, -0.2) is 8.42 Å². The van der Waals surface area contributed by atoms with E-state index < -0.39 is 9.84 Å². The van der Waals surface area contributed by atoms with E-state index in [9.17, 15) is 8.42 Å². The fourth-order valence-corrected chi connectivity index (χ4v) is 3.49. The zero-order chi connectivity index (χ0) is 21.1. The second-order valence-electron chi connectivity index (χ2n) is 7.13. The van der Waals surface area contributed by atoms with E-state index >= 15 is 0 Å². The average molecular weight is 418 g/mol. The highest BCUT2D eigenvalue weighted by Gasteiger charge is 2.09. The van der Waals surface area contributed by atoms with E-state index in [1.807, 2.05) is 49.4 Å². The van der Waals surface area contributed by atoms with Crippen molar-refractivity contribution in [3.63, 3.8) is 0 Å². The van der Waals surface area contributed by atoms with Crippen LogP contribution in [-0.4, -0.2) is 46.0 Å². The van der Waals surface area contributed by atoms with Crippen molar-refractivity contribution in [2.75, 3.05) is 25.6 Å². The normalized spacial score (nSPS) is 13.0. The number of guanidine groups is 1. The summed E-state index contributed by atoms with van der Waals surface area (Å²) >= 11 is 0. The van der Waals surface area contributed by atoms with E-state index in [0.29, 0.717) is 19.0 Å². The van der Waals surface area contributed by atoms with E-state index in [-0.39, 0.29) is 11.8 Å². The Balaban J connectivity index is 1.71. The van der Waals surface area contributed by atoms with Gasteiger partial charge in [0.15, 0.2) is 5.96 Å². The standard InChI is InChI=1S/C22H31N3O3S/c1-18(14-16-29(3,26)27)25-22(23-2)24-15-13-19-9-11-21(12-10-19)28-17-20-7-5-4-6-8-20/h4-12,18H,13-17H2,1-3H3,(H2,23,24,25). The van der Waals surface area contributed by atoms with Crippen LogP contribution in [0.25, 0.3) is 0 Å². The molecule has 2 aromatic carbocycles. The van der Waals surface area contributed by atoms with Crippen LogP contribution in [0.5, 0.6) is 5.75 Å². The summed E-state index contributed by atoms with van der Waals surface area (Å²) in [7, 11) is -1.24. The quantitative estimate of drug-likeness (QED) is 0.459. The molecule has 6 nitrogen and oxygen atoms in total. The maximum Gasteiger partial charge on any atom is 0.191 e. The molecule has 0 saturated heterocycles. The molecule has 0 heterocycles. The summed E-state index contributed by atoms with van der Waals surface area (Å²) in [5.74, 6) is 1.69. The van der Waals surface area contributed by atoms with Crippen LogP contribution in [0.1, 0.15) is 24.5 Å². The molecule has 0 amide bonds. The Hall–Kier alpha value is -2.54. The first kappa shape index (κ1) is 22.7. The van der Waals surface area contributed by atoms with E-state index in [2.05, 4.69) is 27.8 Å². The number of benzene rings is 2. The topological polar surface area (TPSA) is 79.8 Å². The number of rotatable bonds is 10. The van der Waals surface area contributed by atoms with Gasteiger partial charge in [0, 0.05) is 25.9 Å². The molecule has 1 unspecified atom stereocenters. The molecule has 0 bridgehead atoms. The Morgan fingerprint density at radius 2 is 1.76 bits per heavy atom. The maximum absolute atomic E-state index is 11.3. The van der Waals surface area contributed by atoms with Crippen molar-refractivity contribution in [2.45, 2.75) is 32.4 Å². The highest BCUT2D eigenvalue weighted by Crippen LogP contribution is 2.14. The lowest BCUT2D eigenvalue weighted by Crippen LogP contribution is -2.43. The van der Waals surface area contributed by atoms with Gasteiger partial charge in [-0.2, -0.15) is 0 Å². The van der Waals surface area contributed by atoms with Crippen LogP contribution in [0.15, 0.2) is 59.6 Å². The van der Waals surface area contributed by atoms with Gasteiger partial charge in [0.1, 0.15) is 22.2 Å². The Morgan fingerprint density at radius 1 is 1.07 bits per heavy atom. The summed E-state index contributed by atoms with van der Waals surface area (Å²) in [5.41, 5.74) is 2.34. The molecule has 0 aliphatic carbocycles. The van der Waals surface area contributed by atoms with E-state index in [1.54, 1.807) is 7.05 Å². The first-order valence-corrected chi connectivity index (χ1v) is 11.8. The van der Waals surface area contributed by atoms with Gasteiger partial charge in [0.2, 0.25) is 0 Å². The molecule has 0 radical (unpaired) electrons. The van der Waals surface area contributed by atoms with Crippen LogP contribution in [0, 0.1) is 0 Å². The predicted octanol–water partition coefficient (Wildman–Crippen LogP) is 2.80. The first-order valence-electron chi connectivity index (χ1n) is 9.76. The van der Waals surface area contributed by atoms with Crippen molar-refractivity contribution in [2.24, 2.45) is 4.99 Å². The van der Waals surface area contributed by atoms with Gasteiger partial charge in [0.05, 0.1) is 5.75 Å². The van der Waals surface area contributed by atoms with Crippen molar-refractivity contribution in [3.05, 3.63) is 65.7 Å². The van der Waals surface area contributed by atoms with Gasteiger partial charge in [-0.3, -0.25) is 4.99 Å². The molecule has 158 valence electrons. The largest absolute Gasteiger partial charge is 0.489 e. The summed E-state index contributed by atoms with van der Waals surface area (Å²) < 4.78 is 28.4. The minimum absolute atomic E-state index is 0.0250. The number of aliphatic imine (C=N–C) groups is 1. The Bertz CT molecular complexity index is 866. The van der Waals surface area contributed by atoms with Crippen LogP contribution in [-0.2, 0) is 22.9 Å². The molecule has 0 spiro atoms. The van der Waals surface area contributed by atoms with Crippen LogP contribution in [0.2, 0.25) is 0 Å². The van der Waals surface area contributed by atoms with Crippen LogP contribution in [0.4, 0.5) is 0 Å². The number of hydrogen-bond acceptors (Lipinski definition) is 4. The summed E-state index contributed by atoms with van der Waals surface area (Å²) in [6.45, 7) is 3.23. The van der Waals surface area contributed by atoms with Gasteiger partial charge in [-0.1, -0.05) is 42.5 Å². The fraction of sp³-hybridized carbons (Fsp3) is 0.409. The summed E-state index contributed by atoms with van der Waals surface area (Å²) in [5, 5.41) is 6.49. The number of hydrogen-bond donors (Lipinski definition) is 2. The van der Waals surface area contributed by atoms with E-state index in [0.717, 1.165) is 24.3 Å². The fourth-order valence-electron chi connectivity index (χ4n) is 2.71. The third-order valence-corrected chi connectivity index (χ3v) is 5.38. The lowest BCUT2D eigenvalue weighted by atomic mass is 10.1. The summed E-state index contributed by atoms with van der Waals surface area (Å²) in [6.07, 6.45) is 2.64. The number of nitrogens with one attached hydrogen (secondary N) is 2. The minimum atomic E-state index is -2.95. The first-order chi connectivity index (χ1) is 13.9. The van der Waals surface area contributed by atoms with Crippen molar-refractivity contribution >= 4 is 15.8 Å². The van der Waals surface area contributed by atoms with Crippen LogP contribution >= 0.6 is 0 Å². The van der Waals surface area contributed by atoms with Crippen LogP contribution in [0.3, 0.4) is 0 Å². The predicted molar refractivity (Wildman–Crippen MR) is 119 cm³/mol. The van der Waals surface area contributed by atoms with Gasteiger partial charge < -0.3 is 15.4 Å². The molecule has 0 aliphatic heterocycles. The van der Waals surface area contributed by atoms with Crippen LogP contribution < -0.4 is 15.4 Å². The Labute approximate surface area is 174 Å². The molecule has 0 aromatic heterocycles. The molecular formula is C22H31N3O3S. The second-order valence-corrected chi connectivity index (χ2v) is 9.39. The lowest BCUT2D eigenvalue weighted by molar-refractivity contribution is 0.306. The molecule has 2 rings (SSSR count). The highest BCUT2D eigenvalue weighted by atomic mass is 32.2. The molecule has 2 N–H and O–H groups in total. The SMILES string of the molecule is CN=C(NCCc1ccc(OCc2ccccc2)cc1)NC(C)CCS(C)(=O)=O. The molecular weight excluding hydrogens is 386 g/mol. The molecule has 0 aliphatic rings. The third-order valence-electron chi connectivity index (χ3n) is 4.41. The summed E-state index contributed by atoms with van der Waals surface area (Å²) in [4.78, 5) is 4.20. The second kappa shape index (κ2) is 11.5. The van der Waals surface area contributed by atoms with Gasteiger partial charge in [0.25, 0.3) is 0 Å². The molecule has 29 heavy (non-hydrogen) atoms. The van der Waals surface area contributed by atoms with E-state index in [4.69, 9.17) is 4.74 Å². The van der Waals surface area contributed by atoms with Crippen molar-refractivity contribution < 1.29 is 13.2 Å². The molecule has 0 saturated carbocycles. The third kappa shape index (κ3) is 9.47. The minimum Gasteiger partial charge on any atom is -0.489 e. The average Bonchev–Trinajstić information content (AvgIpc) is 2.71. The molecule has 0 fully saturated rings.